The van der Waals surface area contributed by atoms with E-state index in [0.717, 1.165) is 25.2 Å². The zero-order valence-electron chi connectivity index (χ0n) is 16.4. The van der Waals surface area contributed by atoms with Gasteiger partial charge < -0.3 is 15.4 Å². The molecule has 1 aliphatic heterocycles. The first-order valence-electron chi connectivity index (χ1n) is 9.74. The van der Waals surface area contributed by atoms with E-state index in [0.29, 0.717) is 24.6 Å². The number of hydrogen-bond donors (Lipinski definition) is 2. The van der Waals surface area contributed by atoms with E-state index in [2.05, 4.69) is 27.7 Å². The van der Waals surface area contributed by atoms with Crippen molar-refractivity contribution in [2.75, 3.05) is 38.1 Å². The van der Waals surface area contributed by atoms with Crippen molar-refractivity contribution in [2.24, 2.45) is 0 Å². The number of nitrogens with zero attached hydrogens (tertiary/aromatic N) is 2. The molecule has 8 heteroatoms. The molecule has 0 aromatic heterocycles. The number of nitriles is 1. The summed E-state index contributed by atoms with van der Waals surface area (Å²) in [6, 6.07) is 16.5. The molecule has 2 aromatic carbocycles. The molecule has 1 atom stereocenters. The highest BCUT2D eigenvalue weighted by Gasteiger charge is 2.21. The van der Waals surface area contributed by atoms with Gasteiger partial charge in [0.05, 0.1) is 24.0 Å². The van der Waals surface area contributed by atoms with Gasteiger partial charge in [0.25, 0.3) is 0 Å². The number of nitrogens with one attached hydrogen (secondary N) is 2. The minimum atomic E-state index is -0.829. The monoisotopic (exact) mass is 426 g/mol. The molecule has 156 valence electrons. The van der Waals surface area contributed by atoms with Crippen molar-refractivity contribution in [2.45, 2.75) is 12.5 Å². The molecule has 0 bridgehead atoms. The normalized spacial score (nSPS) is 16.5. The molecule has 1 aliphatic rings. The maximum atomic E-state index is 12.1. The van der Waals surface area contributed by atoms with Gasteiger partial charge in [-0.3, -0.25) is 14.5 Å². The van der Waals surface area contributed by atoms with Crippen molar-refractivity contribution < 1.29 is 14.3 Å². The van der Waals surface area contributed by atoms with Crippen molar-refractivity contribution in [3.05, 3.63) is 64.7 Å². The number of rotatable bonds is 6. The van der Waals surface area contributed by atoms with E-state index < -0.39 is 11.8 Å². The summed E-state index contributed by atoms with van der Waals surface area (Å²) in [6.45, 7) is 3.46. The Hall–Kier alpha value is -2.92. The Morgan fingerprint density at radius 3 is 2.77 bits per heavy atom. The van der Waals surface area contributed by atoms with Crippen molar-refractivity contribution in [1.29, 1.82) is 5.26 Å². The number of benzene rings is 2. The topological polar surface area (TPSA) is 94.5 Å². The van der Waals surface area contributed by atoms with E-state index in [1.54, 1.807) is 6.07 Å². The van der Waals surface area contributed by atoms with Crippen LogP contribution in [-0.2, 0) is 14.3 Å². The summed E-state index contributed by atoms with van der Waals surface area (Å²) in [7, 11) is 0. The van der Waals surface area contributed by atoms with Crippen LogP contribution in [0.25, 0.3) is 0 Å². The highest BCUT2D eigenvalue weighted by atomic mass is 35.5. The number of anilines is 1. The lowest BCUT2D eigenvalue weighted by Gasteiger charge is -2.33. The SMILES string of the molecule is N#Cc1ccc(Cl)cc1NC(=O)C(=O)NCCCN1CCO[C@@H](c2ccccc2)C1. The summed E-state index contributed by atoms with van der Waals surface area (Å²) < 4.78 is 5.86. The molecule has 0 aliphatic carbocycles. The molecule has 1 fully saturated rings. The van der Waals surface area contributed by atoms with Gasteiger partial charge >= 0.3 is 11.8 Å². The molecule has 1 saturated heterocycles. The average molecular weight is 427 g/mol. The molecular weight excluding hydrogens is 404 g/mol. The third-order valence-electron chi connectivity index (χ3n) is 4.82. The number of morpholine rings is 1. The van der Waals surface area contributed by atoms with Gasteiger partial charge in [0.15, 0.2) is 0 Å². The van der Waals surface area contributed by atoms with Crippen molar-refractivity contribution in [1.82, 2.24) is 10.2 Å². The van der Waals surface area contributed by atoms with Crippen LogP contribution in [0.1, 0.15) is 23.7 Å². The van der Waals surface area contributed by atoms with Crippen LogP contribution >= 0.6 is 11.6 Å². The number of amides is 2. The third-order valence-corrected chi connectivity index (χ3v) is 5.05. The van der Waals surface area contributed by atoms with Gasteiger partial charge in [-0.15, -0.1) is 0 Å². The van der Waals surface area contributed by atoms with Crippen LogP contribution in [0.4, 0.5) is 5.69 Å². The Kier molecular flexibility index (Phi) is 7.80. The molecule has 1 heterocycles. The van der Waals surface area contributed by atoms with Gasteiger partial charge in [-0.1, -0.05) is 41.9 Å². The number of carbonyl (C=O) groups excluding carboxylic acids is 2. The summed E-state index contributed by atoms with van der Waals surface area (Å²) in [4.78, 5) is 26.4. The zero-order chi connectivity index (χ0) is 21.3. The van der Waals surface area contributed by atoms with Gasteiger partial charge in [-0.05, 0) is 30.2 Å². The molecule has 0 spiro atoms. The first-order valence-corrected chi connectivity index (χ1v) is 10.1. The molecule has 7 nitrogen and oxygen atoms in total. The van der Waals surface area contributed by atoms with E-state index in [4.69, 9.17) is 21.6 Å². The number of hydrogen-bond acceptors (Lipinski definition) is 5. The third kappa shape index (κ3) is 6.04. The molecule has 3 rings (SSSR count). The maximum absolute atomic E-state index is 12.1. The van der Waals surface area contributed by atoms with E-state index >= 15 is 0 Å². The van der Waals surface area contributed by atoms with Crippen LogP contribution in [0.2, 0.25) is 5.02 Å². The van der Waals surface area contributed by atoms with Crippen LogP contribution in [0, 0.1) is 11.3 Å². The van der Waals surface area contributed by atoms with Gasteiger partial charge in [0, 0.05) is 31.2 Å². The first-order chi connectivity index (χ1) is 14.6. The summed E-state index contributed by atoms with van der Waals surface area (Å²) >= 11 is 5.89. The molecule has 0 unspecified atom stereocenters. The lowest BCUT2D eigenvalue weighted by molar-refractivity contribution is -0.136. The number of halogens is 1. The van der Waals surface area contributed by atoms with Crippen molar-refractivity contribution in [3.63, 3.8) is 0 Å². The minimum absolute atomic E-state index is 0.0485. The molecule has 0 saturated carbocycles. The second kappa shape index (κ2) is 10.7. The fraction of sp³-hybridized carbons (Fsp3) is 0.318. The molecule has 0 radical (unpaired) electrons. The smallest absolute Gasteiger partial charge is 0.313 e. The van der Waals surface area contributed by atoms with Gasteiger partial charge in [-0.2, -0.15) is 5.26 Å². The predicted molar refractivity (Wildman–Crippen MR) is 114 cm³/mol. The summed E-state index contributed by atoms with van der Waals surface area (Å²) in [5.74, 6) is -1.58. The fourth-order valence-corrected chi connectivity index (χ4v) is 3.43. The predicted octanol–water partition coefficient (Wildman–Crippen LogP) is 2.73. The summed E-state index contributed by atoms with van der Waals surface area (Å²) in [5.41, 5.74) is 1.61. The standard InChI is InChI=1S/C22H23ClN4O3/c23-18-8-7-17(14-24)19(13-18)26-22(29)21(28)25-9-4-10-27-11-12-30-20(15-27)16-5-2-1-3-6-16/h1-3,5-8,13,20H,4,9-12,15H2,(H,25,28)(H,26,29)/t20-/m1/s1. The zero-order valence-corrected chi connectivity index (χ0v) is 17.2. The van der Waals surface area contributed by atoms with E-state index in [-0.39, 0.29) is 17.4 Å². The van der Waals surface area contributed by atoms with E-state index in [9.17, 15) is 9.59 Å². The van der Waals surface area contributed by atoms with Gasteiger partial charge in [-0.25, -0.2) is 0 Å². The van der Waals surface area contributed by atoms with Crippen LogP contribution in [-0.4, -0.2) is 49.5 Å². The Bertz CT molecular complexity index is 930. The van der Waals surface area contributed by atoms with Crippen molar-refractivity contribution >= 4 is 29.1 Å². The maximum Gasteiger partial charge on any atom is 0.313 e. The quantitative estimate of drug-likeness (QED) is 0.547. The second-order valence-corrected chi connectivity index (χ2v) is 7.37. The molecule has 2 amide bonds. The molecule has 2 aromatic rings. The number of carbonyl (C=O) groups is 2. The van der Waals surface area contributed by atoms with Crippen LogP contribution in [0.15, 0.2) is 48.5 Å². The minimum Gasteiger partial charge on any atom is -0.371 e. The summed E-state index contributed by atoms with van der Waals surface area (Å²) in [5, 5.41) is 14.5. The number of ether oxygens (including phenoxy) is 1. The summed E-state index contributed by atoms with van der Waals surface area (Å²) in [6.07, 6.45) is 0.758. The Morgan fingerprint density at radius 2 is 2.00 bits per heavy atom. The molecular formula is C22H23ClN4O3. The first kappa shape index (κ1) is 21.8. The van der Waals surface area contributed by atoms with Crippen LogP contribution in [0.3, 0.4) is 0 Å². The van der Waals surface area contributed by atoms with Crippen LogP contribution in [0.5, 0.6) is 0 Å². The second-order valence-electron chi connectivity index (χ2n) is 6.94. The lowest BCUT2D eigenvalue weighted by Crippen LogP contribution is -2.41. The fourth-order valence-electron chi connectivity index (χ4n) is 3.26. The molecule has 2 N–H and O–H groups in total. The highest BCUT2D eigenvalue weighted by molar-refractivity contribution is 6.40. The molecule has 30 heavy (non-hydrogen) atoms. The van der Waals surface area contributed by atoms with Crippen molar-refractivity contribution in [3.8, 4) is 6.07 Å². The van der Waals surface area contributed by atoms with Crippen LogP contribution < -0.4 is 10.6 Å². The lowest BCUT2D eigenvalue weighted by atomic mass is 10.1. The van der Waals surface area contributed by atoms with Gasteiger partial charge in [0.2, 0.25) is 0 Å². The Morgan fingerprint density at radius 1 is 1.20 bits per heavy atom. The van der Waals surface area contributed by atoms with Gasteiger partial charge in [0.1, 0.15) is 6.07 Å². The average Bonchev–Trinajstić information content (AvgIpc) is 2.77. The largest absolute Gasteiger partial charge is 0.371 e. The highest BCUT2D eigenvalue weighted by Crippen LogP contribution is 2.22. The van der Waals surface area contributed by atoms with E-state index in [1.165, 1.54) is 12.1 Å². The van der Waals surface area contributed by atoms with E-state index in [1.807, 2.05) is 24.3 Å². The Labute approximate surface area is 180 Å². The Balaban J connectivity index is 1.41.